The number of halogens is 1. The Morgan fingerprint density at radius 1 is 1.47 bits per heavy atom. The average molecular weight is 276 g/mol. The molecule has 1 aliphatic rings. The van der Waals surface area contributed by atoms with Gasteiger partial charge in [0, 0.05) is 4.88 Å². The number of anilines is 1. The normalized spacial score (nSPS) is 19.5. The molecule has 17 heavy (non-hydrogen) atoms. The van der Waals surface area contributed by atoms with Crippen LogP contribution in [-0.2, 0) is 4.79 Å². The number of piperidine rings is 1. The van der Waals surface area contributed by atoms with E-state index in [1.54, 1.807) is 0 Å². The molecule has 1 aromatic rings. The predicted octanol–water partition coefficient (Wildman–Crippen LogP) is 2.26. The molecule has 0 aromatic carbocycles. The zero-order valence-electron chi connectivity index (χ0n) is 10.1. The first-order valence-electron chi connectivity index (χ1n) is 5.65. The number of carbonyl (C=O) groups excluding carboxylic acids is 1. The molecule has 0 saturated carbocycles. The van der Waals surface area contributed by atoms with Gasteiger partial charge in [0.25, 0.3) is 0 Å². The fourth-order valence-corrected chi connectivity index (χ4v) is 2.61. The molecule has 1 aliphatic heterocycles. The monoisotopic (exact) mass is 275 g/mol. The Balaban J connectivity index is 0.00000144. The maximum Gasteiger partial charge on any atom is 0.243 e. The average Bonchev–Trinajstić information content (AvgIpc) is 2.59. The van der Waals surface area contributed by atoms with Gasteiger partial charge in [-0.05, 0) is 33.2 Å². The van der Waals surface area contributed by atoms with Gasteiger partial charge in [0.1, 0.15) is 0 Å². The van der Waals surface area contributed by atoms with Gasteiger partial charge in [-0.3, -0.25) is 4.79 Å². The Hall–Kier alpha value is -0.650. The molecular weight excluding hydrogens is 258 g/mol. The lowest BCUT2D eigenvalue weighted by molar-refractivity contribution is -0.118. The SMILES string of the molecule is Cc1nc(NC(=O)[C@@H]2CCCCN2)sc1C.Cl. The fourth-order valence-electron chi connectivity index (χ4n) is 1.79. The molecule has 0 spiro atoms. The van der Waals surface area contributed by atoms with Crippen LogP contribution < -0.4 is 10.6 Å². The zero-order chi connectivity index (χ0) is 11.5. The molecule has 1 fully saturated rings. The van der Waals surface area contributed by atoms with Crippen LogP contribution in [0.15, 0.2) is 0 Å². The maximum absolute atomic E-state index is 11.9. The Labute approximate surface area is 112 Å². The van der Waals surface area contributed by atoms with Crippen molar-refractivity contribution < 1.29 is 4.79 Å². The smallest absolute Gasteiger partial charge is 0.243 e. The van der Waals surface area contributed by atoms with Crippen molar-refractivity contribution in [2.45, 2.75) is 39.2 Å². The van der Waals surface area contributed by atoms with E-state index in [1.807, 2.05) is 13.8 Å². The van der Waals surface area contributed by atoms with Crippen LogP contribution in [0.25, 0.3) is 0 Å². The summed E-state index contributed by atoms with van der Waals surface area (Å²) in [6.07, 6.45) is 3.22. The number of hydrogen-bond acceptors (Lipinski definition) is 4. The minimum Gasteiger partial charge on any atom is -0.306 e. The lowest BCUT2D eigenvalue weighted by Gasteiger charge is -2.21. The van der Waals surface area contributed by atoms with Gasteiger partial charge >= 0.3 is 0 Å². The molecule has 4 nitrogen and oxygen atoms in total. The number of amides is 1. The van der Waals surface area contributed by atoms with E-state index in [2.05, 4.69) is 15.6 Å². The van der Waals surface area contributed by atoms with Crippen LogP contribution in [0.2, 0.25) is 0 Å². The van der Waals surface area contributed by atoms with E-state index >= 15 is 0 Å². The number of nitrogens with one attached hydrogen (secondary N) is 2. The molecule has 96 valence electrons. The molecule has 6 heteroatoms. The van der Waals surface area contributed by atoms with Crippen molar-refractivity contribution in [2.24, 2.45) is 0 Å². The highest BCUT2D eigenvalue weighted by Crippen LogP contribution is 2.21. The largest absolute Gasteiger partial charge is 0.306 e. The van der Waals surface area contributed by atoms with Gasteiger partial charge in [-0.2, -0.15) is 0 Å². The summed E-state index contributed by atoms with van der Waals surface area (Å²) in [5, 5.41) is 6.82. The summed E-state index contributed by atoms with van der Waals surface area (Å²) in [5.41, 5.74) is 0.997. The summed E-state index contributed by atoms with van der Waals surface area (Å²) < 4.78 is 0. The topological polar surface area (TPSA) is 54.0 Å². The number of nitrogens with zero attached hydrogens (tertiary/aromatic N) is 1. The Kier molecular flexibility index (Phi) is 5.36. The van der Waals surface area contributed by atoms with Crippen molar-refractivity contribution in [2.75, 3.05) is 11.9 Å². The highest BCUT2D eigenvalue weighted by atomic mass is 35.5. The van der Waals surface area contributed by atoms with Crippen LogP contribution in [-0.4, -0.2) is 23.5 Å². The van der Waals surface area contributed by atoms with Crippen molar-refractivity contribution >= 4 is 34.8 Å². The highest BCUT2D eigenvalue weighted by molar-refractivity contribution is 7.15. The molecule has 1 saturated heterocycles. The summed E-state index contributed by atoms with van der Waals surface area (Å²) >= 11 is 1.54. The van der Waals surface area contributed by atoms with Crippen LogP contribution in [0, 0.1) is 13.8 Å². The first-order valence-corrected chi connectivity index (χ1v) is 6.47. The second kappa shape index (κ2) is 6.33. The molecule has 0 aliphatic carbocycles. The van der Waals surface area contributed by atoms with Gasteiger partial charge in [0.2, 0.25) is 5.91 Å². The summed E-state index contributed by atoms with van der Waals surface area (Å²) in [6, 6.07) is -0.0433. The summed E-state index contributed by atoms with van der Waals surface area (Å²) in [4.78, 5) is 17.3. The molecule has 1 amide bonds. The second-order valence-electron chi connectivity index (χ2n) is 4.15. The van der Waals surface area contributed by atoms with Crippen LogP contribution >= 0.6 is 23.7 Å². The molecule has 2 rings (SSSR count). The van der Waals surface area contributed by atoms with Gasteiger partial charge in [0.05, 0.1) is 11.7 Å². The first-order chi connectivity index (χ1) is 7.66. The van der Waals surface area contributed by atoms with Gasteiger partial charge in [0.15, 0.2) is 5.13 Å². The number of aromatic nitrogens is 1. The zero-order valence-corrected chi connectivity index (χ0v) is 11.7. The summed E-state index contributed by atoms with van der Waals surface area (Å²) in [5.74, 6) is 0.0495. The Bertz CT molecular complexity index is 369. The molecule has 1 atom stereocenters. The highest BCUT2D eigenvalue weighted by Gasteiger charge is 2.21. The Morgan fingerprint density at radius 2 is 2.24 bits per heavy atom. The standard InChI is InChI=1S/C11H17N3OS.ClH/c1-7-8(2)16-11(13-7)14-10(15)9-5-3-4-6-12-9;/h9,12H,3-6H2,1-2H3,(H,13,14,15);1H/t9-;/m0./s1. The van der Waals surface area contributed by atoms with Gasteiger partial charge in [-0.1, -0.05) is 6.42 Å². The summed E-state index contributed by atoms with van der Waals surface area (Å²) in [6.45, 7) is 4.91. The lowest BCUT2D eigenvalue weighted by Crippen LogP contribution is -2.43. The molecular formula is C11H18ClN3OS. The van der Waals surface area contributed by atoms with Crippen molar-refractivity contribution in [3.05, 3.63) is 10.6 Å². The second-order valence-corrected chi connectivity index (χ2v) is 5.36. The fraction of sp³-hybridized carbons (Fsp3) is 0.636. The van der Waals surface area contributed by atoms with Crippen LogP contribution in [0.1, 0.15) is 29.8 Å². The number of carbonyl (C=O) groups is 1. The number of thiazole rings is 1. The predicted molar refractivity (Wildman–Crippen MR) is 73.1 cm³/mol. The van der Waals surface area contributed by atoms with Crippen LogP contribution in [0.3, 0.4) is 0 Å². The lowest BCUT2D eigenvalue weighted by atomic mass is 10.0. The number of rotatable bonds is 2. The van der Waals surface area contributed by atoms with E-state index in [1.165, 1.54) is 17.8 Å². The molecule has 2 heterocycles. The molecule has 0 radical (unpaired) electrons. The van der Waals surface area contributed by atoms with Gasteiger partial charge < -0.3 is 10.6 Å². The van der Waals surface area contributed by atoms with Crippen molar-refractivity contribution in [1.82, 2.24) is 10.3 Å². The van der Waals surface area contributed by atoms with Crippen LogP contribution in [0.5, 0.6) is 0 Å². The van der Waals surface area contributed by atoms with Gasteiger partial charge in [-0.25, -0.2) is 4.98 Å². The van der Waals surface area contributed by atoms with Crippen molar-refractivity contribution in [1.29, 1.82) is 0 Å². The number of hydrogen-bond donors (Lipinski definition) is 2. The van der Waals surface area contributed by atoms with Crippen LogP contribution in [0.4, 0.5) is 5.13 Å². The summed E-state index contributed by atoms with van der Waals surface area (Å²) in [7, 11) is 0. The van der Waals surface area contributed by atoms with Gasteiger partial charge in [-0.15, -0.1) is 23.7 Å². The third kappa shape index (κ3) is 3.66. The molecule has 2 N–H and O–H groups in total. The molecule has 0 bridgehead atoms. The number of aryl methyl sites for hydroxylation is 2. The maximum atomic E-state index is 11.9. The van der Waals surface area contributed by atoms with E-state index < -0.39 is 0 Å². The molecule has 0 unspecified atom stereocenters. The minimum atomic E-state index is -0.0433. The van der Waals surface area contributed by atoms with E-state index in [0.717, 1.165) is 30.0 Å². The van der Waals surface area contributed by atoms with E-state index in [0.29, 0.717) is 5.13 Å². The van der Waals surface area contributed by atoms with E-state index in [-0.39, 0.29) is 24.4 Å². The third-order valence-corrected chi connectivity index (χ3v) is 3.87. The third-order valence-electron chi connectivity index (χ3n) is 2.89. The van der Waals surface area contributed by atoms with E-state index in [4.69, 9.17) is 0 Å². The van der Waals surface area contributed by atoms with E-state index in [9.17, 15) is 4.79 Å². The minimum absolute atomic E-state index is 0. The van der Waals surface area contributed by atoms with Crippen molar-refractivity contribution in [3.63, 3.8) is 0 Å². The Morgan fingerprint density at radius 3 is 2.76 bits per heavy atom. The van der Waals surface area contributed by atoms with Crippen molar-refractivity contribution in [3.8, 4) is 0 Å². The quantitative estimate of drug-likeness (QED) is 0.871. The first kappa shape index (κ1) is 14.4. The molecule has 1 aromatic heterocycles.